The molecule has 118 valence electrons. The van der Waals surface area contributed by atoms with Crippen LogP contribution in [-0.2, 0) is 11.7 Å². The van der Waals surface area contributed by atoms with E-state index in [1.54, 1.807) is 6.07 Å². The van der Waals surface area contributed by atoms with Gasteiger partial charge in [0.05, 0.1) is 5.56 Å². The maximum Gasteiger partial charge on any atom is 0.416 e. The van der Waals surface area contributed by atoms with Gasteiger partial charge in [-0.2, -0.15) is 13.2 Å². The predicted molar refractivity (Wildman–Crippen MR) is 84.1 cm³/mol. The van der Waals surface area contributed by atoms with Crippen LogP contribution in [0.3, 0.4) is 0 Å². The topological polar surface area (TPSA) is 12.0 Å². The van der Waals surface area contributed by atoms with Gasteiger partial charge in [0.15, 0.2) is 0 Å². The molecule has 0 aromatic heterocycles. The first-order valence-electron chi connectivity index (χ1n) is 6.92. The summed E-state index contributed by atoms with van der Waals surface area (Å²) in [6.45, 7) is 0. The molecule has 1 aliphatic carbocycles. The molecular formula is C17H17ClF3N. The lowest BCUT2D eigenvalue weighted by molar-refractivity contribution is -0.137. The van der Waals surface area contributed by atoms with Gasteiger partial charge in [0.1, 0.15) is 0 Å². The lowest BCUT2D eigenvalue weighted by Gasteiger charge is -2.16. The van der Waals surface area contributed by atoms with Crippen molar-refractivity contribution < 1.29 is 13.2 Å². The largest absolute Gasteiger partial charge is 0.416 e. The van der Waals surface area contributed by atoms with Gasteiger partial charge in [-0.05, 0) is 54.8 Å². The Hall–Kier alpha value is -1.52. The average Bonchev–Trinajstić information content (AvgIpc) is 3.28. The summed E-state index contributed by atoms with van der Waals surface area (Å²) in [5, 5.41) is 3.30. The third kappa shape index (κ3) is 3.13. The molecular weight excluding hydrogens is 311 g/mol. The lowest BCUT2D eigenvalue weighted by Crippen LogP contribution is -2.24. The van der Waals surface area contributed by atoms with Crippen molar-refractivity contribution in [3.8, 4) is 11.1 Å². The number of nitrogens with one attached hydrogen (secondary N) is 1. The van der Waals surface area contributed by atoms with Gasteiger partial charge >= 0.3 is 6.18 Å². The van der Waals surface area contributed by atoms with Gasteiger partial charge in [-0.1, -0.05) is 30.3 Å². The van der Waals surface area contributed by atoms with Gasteiger partial charge < -0.3 is 5.32 Å². The molecule has 1 nitrogen and oxygen atoms in total. The molecule has 0 bridgehead atoms. The Morgan fingerprint density at radius 1 is 0.955 bits per heavy atom. The lowest BCUT2D eigenvalue weighted by atomic mass is 9.97. The van der Waals surface area contributed by atoms with E-state index in [1.807, 2.05) is 31.3 Å². The SMILES string of the molecule is CNC1(c2cccc(-c3cccc(C(F)(F)F)c3)c2)CC1.Cl. The van der Waals surface area contributed by atoms with Gasteiger partial charge in [0.2, 0.25) is 0 Å². The molecule has 2 aromatic carbocycles. The summed E-state index contributed by atoms with van der Waals surface area (Å²) in [6.07, 6.45) is -2.18. The summed E-state index contributed by atoms with van der Waals surface area (Å²) in [4.78, 5) is 0. The Kier molecular flexibility index (Phi) is 4.54. The fourth-order valence-corrected chi connectivity index (χ4v) is 2.68. The molecule has 0 atom stereocenters. The molecule has 5 heteroatoms. The molecule has 1 N–H and O–H groups in total. The monoisotopic (exact) mass is 327 g/mol. The van der Waals surface area contributed by atoms with Gasteiger partial charge in [0.25, 0.3) is 0 Å². The van der Waals surface area contributed by atoms with E-state index in [4.69, 9.17) is 0 Å². The molecule has 0 saturated heterocycles. The number of hydrogen-bond donors (Lipinski definition) is 1. The van der Waals surface area contributed by atoms with Gasteiger partial charge in [0, 0.05) is 5.54 Å². The molecule has 22 heavy (non-hydrogen) atoms. The van der Waals surface area contributed by atoms with Crippen molar-refractivity contribution in [2.75, 3.05) is 7.05 Å². The van der Waals surface area contributed by atoms with Crippen LogP contribution in [0.1, 0.15) is 24.0 Å². The zero-order valence-electron chi connectivity index (χ0n) is 12.1. The van der Waals surface area contributed by atoms with Gasteiger partial charge in [-0.3, -0.25) is 0 Å². The third-order valence-electron chi connectivity index (χ3n) is 4.17. The Bertz CT molecular complexity index is 663. The van der Waals surface area contributed by atoms with E-state index in [0.29, 0.717) is 5.56 Å². The zero-order valence-corrected chi connectivity index (χ0v) is 12.9. The molecule has 3 rings (SSSR count). The van der Waals surface area contributed by atoms with Crippen molar-refractivity contribution in [1.29, 1.82) is 0 Å². The van der Waals surface area contributed by atoms with E-state index in [0.717, 1.165) is 30.0 Å². The standard InChI is InChI=1S/C17H16F3N.ClH/c1-21-16(8-9-16)14-6-2-4-12(10-14)13-5-3-7-15(11-13)17(18,19)20;/h2-7,10-11,21H,8-9H2,1H3;1H. The van der Waals surface area contributed by atoms with Crippen molar-refractivity contribution in [2.24, 2.45) is 0 Å². The number of rotatable bonds is 3. The van der Waals surface area contributed by atoms with Crippen LogP contribution in [0.4, 0.5) is 13.2 Å². The third-order valence-corrected chi connectivity index (χ3v) is 4.17. The minimum Gasteiger partial charge on any atom is -0.310 e. The van der Waals surface area contributed by atoms with E-state index in [9.17, 15) is 13.2 Å². The van der Waals surface area contributed by atoms with Crippen molar-refractivity contribution in [1.82, 2.24) is 5.32 Å². The zero-order chi connectivity index (χ0) is 15.1. The number of alkyl halides is 3. The summed E-state index contributed by atoms with van der Waals surface area (Å²) < 4.78 is 38.4. The van der Waals surface area contributed by atoms with Crippen molar-refractivity contribution >= 4 is 12.4 Å². The Balaban J connectivity index is 0.00000176. The second-order valence-electron chi connectivity index (χ2n) is 5.49. The first-order chi connectivity index (χ1) is 9.94. The summed E-state index contributed by atoms with van der Waals surface area (Å²) in [6, 6.07) is 13.2. The molecule has 1 aliphatic rings. The van der Waals surface area contributed by atoms with Crippen LogP contribution in [0.2, 0.25) is 0 Å². The average molecular weight is 328 g/mol. The highest BCUT2D eigenvalue weighted by molar-refractivity contribution is 5.85. The Morgan fingerprint density at radius 2 is 1.55 bits per heavy atom. The van der Waals surface area contributed by atoms with Crippen LogP contribution in [0.5, 0.6) is 0 Å². The minimum atomic E-state index is -4.31. The molecule has 0 spiro atoms. The fraction of sp³-hybridized carbons (Fsp3) is 0.294. The quantitative estimate of drug-likeness (QED) is 0.836. The van der Waals surface area contributed by atoms with Crippen LogP contribution in [0.25, 0.3) is 11.1 Å². The van der Waals surface area contributed by atoms with Gasteiger partial charge in [-0.15, -0.1) is 12.4 Å². The second kappa shape index (κ2) is 5.94. The highest BCUT2D eigenvalue weighted by atomic mass is 35.5. The maximum absolute atomic E-state index is 12.8. The van der Waals surface area contributed by atoms with Crippen LogP contribution in [0, 0.1) is 0 Å². The van der Waals surface area contributed by atoms with E-state index in [1.165, 1.54) is 12.1 Å². The van der Waals surface area contributed by atoms with Crippen molar-refractivity contribution in [3.05, 3.63) is 59.7 Å². The summed E-state index contributed by atoms with van der Waals surface area (Å²) in [5.41, 5.74) is 1.95. The second-order valence-corrected chi connectivity index (χ2v) is 5.49. The van der Waals surface area contributed by atoms with Crippen LogP contribution in [0.15, 0.2) is 48.5 Å². The number of halogens is 4. The molecule has 1 fully saturated rings. The summed E-state index contributed by atoms with van der Waals surface area (Å²) in [5.74, 6) is 0. The van der Waals surface area contributed by atoms with E-state index in [2.05, 4.69) is 5.32 Å². The summed E-state index contributed by atoms with van der Waals surface area (Å²) >= 11 is 0. The molecule has 0 amide bonds. The number of benzene rings is 2. The fourth-order valence-electron chi connectivity index (χ4n) is 2.68. The normalized spacial score (nSPS) is 16.0. The molecule has 0 aliphatic heterocycles. The van der Waals surface area contributed by atoms with Crippen LogP contribution in [-0.4, -0.2) is 7.05 Å². The molecule has 0 radical (unpaired) electrons. The molecule has 2 aromatic rings. The van der Waals surface area contributed by atoms with E-state index in [-0.39, 0.29) is 17.9 Å². The Morgan fingerprint density at radius 3 is 2.09 bits per heavy atom. The van der Waals surface area contributed by atoms with E-state index >= 15 is 0 Å². The highest BCUT2D eigenvalue weighted by Crippen LogP contribution is 2.45. The maximum atomic E-state index is 12.8. The molecule has 0 heterocycles. The number of hydrogen-bond acceptors (Lipinski definition) is 1. The van der Waals surface area contributed by atoms with E-state index < -0.39 is 11.7 Å². The predicted octanol–water partition coefficient (Wildman–Crippen LogP) is 5.00. The Labute approximate surface area is 134 Å². The van der Waals surface area contributed by atoms with Crippen molar-refractivity contribution in [2.45, 2.75) is 24.6 Å². The smallest absolute Gasteiger partial charge is 0.310 e. The van der Waals surface area contributed by atoms with Crippen molar-refractivity contribution in [3.63, 3.8) is 0 Å². The summed E-state index contributed by atoms with van der Waals surface area (Å²) in [7, 11) is 1.92. The van der Waals surface area contributed by atoms with Crippen LogP contribution >= 0.6 is 12.4 Å². The molecule has 0 unspecified atom stereocenters. The molecule has 1 saturated carbocycles. The van der Waals surface area contributed by atoms with Gasteiger partial charge in [-0.25, -0.2) is 0 Å². The highest BCUT2D eigenvalue weighted by Gasteiger charge is 2.42. The van der Waals surface area contributed by atoms with Crippen LogP contribution < -0.4 is 5.32 Å². The first kappa shape index (κ1) is 16.8. The first-order valence-corrected chi connectivity index (χ1v) is 6.92. The minimum absolute atomic E-state index is 0.